The second-order valence-corrected chi connectivity index (χ2v) is 4.87. The predicted octanol–water partition coefficient (Wildman–Crippen LogP) is 1.22. The predicted molar refractivity (Wildman–Crippen MR) is 75.3 cm³/mol. The Bertz CT molecular complexity index is 270. The van der Waals surface area contributed by atoms with Crippen LogP contribution in [0.2, 0.25) is 0 Å². The quantitative estimate of drug-likeness (QED) is 0.587. The monoisotopic (exact) mass is 273 g/mol. The van der Waals surface area contributed by atoms with Gasteiger partial charge in [0.1, 0.15) is 0 Å². The second-order valence-electron chi connectivity index (χ2n) is 4.87. The molecule has 0 aliphatic heterocycles. The van der Waals surface area contributed by atoms with Crippen LogP contribution in [-0.2, 0) is 4.79 Å². The van der Waals surface area contributed by atoms with Crippen LogP contribution in [0.3, 0.4) is 0 Å². The lowest BCUT2D eigenvalue weighted by atomic mass is 10.2. The van der Waals surface area contributed by atoms with Crippen LogP contribution in [0.25, 0.3) is 0 Å². The molecule has 6 nitrogen and oxygen atoms in total. The molecule has 2 N–H and O–H groups in total. The SMILES string of the molecule is CCCN(CCN(C)C)C(=O)NCCCCC(=O)O. The van der Waals surface area contributed by atoms with E-state index in [0.717, 1.165) is 19.5 Å². The fourth-order valence-electron chi connectivity index (χ4n) is 1.61. The molecule has 0 spiro atoms. The lowest BCUT2D eigenvalue weighted by Crippen LogP contribution is -2.43. The van der Waals surface area contributed by atoms with Gasteiger partial charge in [-0.25, -0.2) is 4.79 Å². The van der Waals surface area contributed by atoms with Gasteiger partial charge in [0.25, 0.3) is 0 Å². The molecule has 0 saturated heterocycles. The number of urea groups is 1. The van der Waals surface area contributed by atoms with Crippen LogP contribution in [0.5, 0.6) is 0 Å². The van der Waals surface area contributed by atoms with Gasteiger partial charge in [-0.1, -0.05) is 6.92 Å². The first-order valence-electron chi connectivity index (χ1n) is 6.86. The minimum atomic E-state index is -0.787. The number of carbonyl (C=O) groups is 2. The fraction of sp³-hybridized carbons (Fsp3) is 0.846. The third-order valence-electron chi connectivity index (χ3n) is 2.69. The molecule has 2 amide bonds. The molecule has 0 rings (SSSR count). The summed E-state index contributed by atoms with van der Waals surface area (Å²) in [5.41, 5.74) is 0. The number of likely N-dealkylation sites (N-methyl/N-ethyl adjacent to an activating group) is 1. The third-order valence-corrected chi connectivity index (χ3v) is 2.69. The molecule has 0 radical (unpaired) electrons. The van der Waals surface area contributed by atoms with Gasteiger partial charge in [0.2, 0.25) is 0 Å². The molecule has 0 aliphatic carbocycles. The van der Waals surface area contributed by atoms with Crippen molar-refractivity contribution in [3.63, 3.8) is 0 Å². The summed E-state index contributed by atoms with van der Waals surface area (Å²) in [5, 5.41) is 11.3. The Hall–Kier alpha value is -1.30. The van der Waals surface area contributed by atoms with Crippen LogP contribution in [0, 0.1) is 0 Å². The van der Waals surface area contributed by atoms with E-state index >= 15 is 0 Å². The van der Waals surface area contributed by atoms with E-state index in [-0.39, 0.29) is 12.5 Å². The molecule has 0 aromatic carbocycles. The Kier molecular flexibility index (Phi) is 9.88. The Morgan fingerprint density at radius 1 is 1.11 bits per heavy atom. The lowest BCUT2D eigenvalue weighted by Gasteiger charge is -2.24. The van der Waals surface area contributed by atoms with Gasteiger partial charge in [0.05, 0.1) is 0 Å². The minimum absolute atomic E-state index is 0.0565. The Morgan fingerprint density at radius 2 is 1.79 bits per heavy atom. The molecule has 0 unspecified atom stereocenters. The van der Waals surface area contributed by atoms with Gasteiger partial charge in [-0.3, -0.25) is 4.79 Å². The minimum Gasteiger partial charge on any atom is -0.481 e. The summed E-state index contributed by atoms with van der Waals surface area (Å²) in [6.07, 6.45) is 2.39. The Balaban J connectivity index is 3.87. The van der Waals surface area contributed by atoms with E-state index < -0.39 is 5.97 Å². The summed E-state index contributed by atoms with van der Waals surface area (Å²) in [4.78, 5) is 26.1. The zero-order valence-corrected chi connectivity index (χ0v) is 12.3. The molecule has 0 heterocycles. The van der Waals surface area contributed by atoms with Crippen molar-refractivity contribution in [2.45, 2.75) is 32.6 Å². The zero-order chi connectivity index (χ0) is 14.7. The topological polar surface area (TPSA) is 72.9 Å². The van der Waals surface area contributed by atoms with E-state index in [0.29, 0.717) is 25.9 Å². The smallest absolute Gasteiger partial charge is 0.317 e. The molecule has 0 bridgehead atoms. The summed E-state index contributed by atoms with van der Waals surface area (Å²) in [6, 6.07) is -0.0565. The van der Waals surface area contributed by atoms with Crippen molar-refractivity contribution in [2.24, 2.45) is 0 Å². The third kappa shape index (κ3) is 10.3. The van der Waals surface area contributed by atoms with Crippen LogP contribution in [0.15, 0.2) is 0 Å². The van der Waals surface area contributed by atoms with Gasteiger partial charge in [-0.2, -0.15) is 0 Å². The molecule has 0 atom stereocenters. The van der Waals surface area contributed by atoms with Gasteiger partial charge in [0.15, 0.2) is 0 Å². The Labute approximate surface area is 115 Å². The maximum Gasteiger partial charge on any atom is 0.317 e. The normalized spacial score (nSPS) is 10.5. The number of carboxylic acids is 1. The molecule has 19 heavy (non-hydrogen) atoms. The van der Waals surface area contributed by atoms with E-state index in [1.807, 2.05) is 25.9 Å². The summed E-state index contributed by atoms with van der Waals surface area (Å²) in [5.74, 6) is -0.787. The summed E-state index contributed by atoms with van der Waals surface area (Å²) in [7, 11) is 3.96. The molecule has 6 heteroatoms. The summed E-state index contributed by atoms with van der Waals surface area (Å²) in [6.45, 7) is 4.88. The standard InChI is InChI=1S/C13H27N3O3/c1-4-9-16(11-10-15(2)3)13(19)14-8-6-5-7-12(17)18/h4-11H2,1-3H3,(H,14,19)(H,17,18). The zero-order valence-electron chi connectivity index (χ0n) is 12.3. The highest BCUT2D eigenvalue weighted by Gasteiger charge is 2.11. The second kappa shape index (κ2) is 10.6. The van der Waals surface area contributed by atoms with E-state index in [2.05, 4.69) is 5.32 Å². The van der Waals surface area contributed by atoms with E-state index in [9.17, 15) is 9.59 Å². The number of carbonyl (C=O) groups excluding carboxylic acids is 1. The molecule has 0 aliphatic rings. The molecule has 0 aromatic rings. The van der Waals surface area contributed by atoms with Crippen molar-refractivity contribution in [1.29, 1.82) is 0 Å². The first-order valence-corrected chi connectivity index (χ1v) is 6.86. The van der Waals surface area contributed by atoms with Crippen molar-refractivity contribution in [2.75, 3.05) is 40.3 Å². The fourth-order valence-corrected chi connectivity index (χ4v) is 1.61. The number of amides is 2. The number of rotatable bonds is 10. The van der Waals surface area contributed by atoms with E-state index in [1.54, 1.807) is 4.90 Å². The van der Waals surface area contributed by atoms with Gasteiger partial charge in [0, 0.05) is 32.6 Å². The summed E-state index contributed by atoms with van der Waals surface area (Å²) >= 11 is 0. The first kappa shape index (κ1) is 17.7. The van der Waals surface area contributed by atoms with Crippen molar-refractivity contribution in [3.8, 4) is 0 Å². The first-order chi connectivity index (χ1) is 8.97. The van der Waals surface area contributed by atoms with Gasteiger partial charge >= 0.3 is 12.0 Å². The number of nitrogens with zero attached hydrogens (tertiary/aromatic N) is 2. The van der Waals surface area contributed by atoms with Crippen molar-refractivity contribution in [1.82, 2.24) is 15.1 Å². The average Bonchev–Trinajstić information content (AvgIpc) is 2.33. The molecular formula is C13H27N3O3. The highest BCUT2D eigenvalue weighted by Crippen LogP contribution is 1.96. The number of nitrogens with one attached hydrogen (secondary N) is 1. The molecular weight excluding hydrogens is 246 g/mol. The highest BCUT2D eigenvalue weighted by molar-refractivity contribution is 5.74. The van der Waals surface area contributed by atoms with Crippen LogP contribution in [-0.4, -0.2) is 67.2 Å². The van der Waals surface area contributed by atoms with Crippen LogP contribution in [0.1, 0.15) is 32.6 Å². The molecule has 0 fully saturated rings. The number of hydrogen-bond acceptors (Lipinski definition) is 3. The Morgan fingerprint density at radius 3 is 2.32 bits per heavy atom. The maximum atomic E-state index is 11.9. The van der Waals surface area contributed by atoms with E-state index in [1.165, 1.54) is 0 Å². The van der Waals surface area contributed by atoms with Gasteiger partial charge < -0.3 is 20.2 Å². The average molecular weight is 273 g/mol. The van der Waals surface area contributed by atoms with Crippen LogP contribution in [0.4, 0.5) is 4.79 Å². The van der Waals surface area contributed by atoms with Gasteiger partial charge in [-0.15, -0.1) is 0 Å². The molecule has 112 valence electrons. The van der Waals surface area contributed by atoms with Crippen molar-refractivity contribution in [3.05, 3.63) is 0 Å². The van der Waals surface area contributed by atoms with E-state index in [4.69, 9.17) is 5.11 Å². The summed E-state index contributed by atoms with van der Waals surface area (Å²) < 4.78 is 0. The number of carboxylic acid groups (broad SMARTS) is 1. The van der Waals surface area contributed by atoms with Crippen LogP contribution < -0.4 is 5.32 Å². The lowest BCUT2D eigenvalue weighted by molar-refractivity contribution is -0.137. The van der Waals surface area contributed by atoms with Crippen molar-refractivity contribution < 1.29 is 14.7 Å². The maximum absolute atomic E-state index is 11.9. The number of aliphatic carboxylic acids is 1. The van der Waals surface area contributed by atoms with Gasteiger partial charge in [-0.05, 0) is 33.4 Å². The van der Waals surface area contributed by atoms with Crippen molar-refractivity contribution >= 4 is 12.0 Å². The largest absolute Gasteiger partial charge is 0.481 e. The highest BCUT2D eigenvalue weighted by atomic mass is 16.4. The number of hydrogen-bond donors (Lipinski definition) is 2. The molecule has 0 aromatic heterocycles. The van der Waals surface area contributed by atoms with Crippen LogP contribution >= 0.6 is 0 Å². The number of unbranched alkanes of at least 4 members (excludes halogenated alkanes) is 1. The molecule has 0 saturated carbocycles.